The Hall–Kier alpha value is -2.67. The molecule has 168 valence electrons. The van der Waals surface area contributed by atoms with Gasteiger partial charge in [-0.2, -0.15) is 0 Å². The molecule has 0 bridgehead atoms. The number of hydrogen-bond acceptors (Lipinski definition) is 5. The number of rotatable bonds is 7. The second kappa shape index (κ2) is 10.3. The maximum absolute atomic E-state index is 13.3. The number of pyridine rings is 1. The summed E-state index contributed by atoms with van der Waals surface area (Å²) >= 11 is 1.46. The topological polar surface area (TPSA) is 63.9 Å². The minimum absolute atomic E-state index is 0.181. The number of hydrogen-bond donors (Lipinski definition) is 0. The molecule has 6 nitrogen and oxygen atoms in total. The largest absolute Gasteiger partial charge is 0.337 e. The summed E-state index contributed by atoms with van der Waals surface area (Å²) in [6, 6.07) is 12.7. The highest BCUT2D eigenvalue weighted by molar-refractivity contribution is 7.99. The van der Waals surface area contributed by atoms with Gasteiger partial charge in [0.1, 0.15) is 0 Å². The van der Waals surface area contributed by atoms with Crippen molar-refractivity contribution in [3.63, 3.8) is 0 Å². The first-order valence-electron chi connectivity index (χ1n) is 11.4. The lowest BCUT2D eigenvalue weighted by molar-refractivity contribution is -0.133. The van der Waals surface area contributed by atoms with Gasteiger partial charge in [-0.25, -0.2) is 0 Å². The van der Waals surface area contributed by atoms with E-state index >= 15 is 0 Å². The highest BCUT2D eigenvalue weighted by Crippen LogP contribution is 2.29. The van der Waals surface area contributed by atoms with E-state index in [1.807, 2.05) is 16.7 Å². The summed E-state index contributed by atoms with van der Waals surface area (Å²) in [5.41, 5.74) is 3.12. The molecule has 4 rings (SSSR count). The highest BCUT2D eigenvalue weighted by Gasteiger charge is 2.28. The zero-order valence-corrected chi connectivity index (χ0v) is 19.9. The van der Waals surface area contributed by atoms with E-state index in [0.29, 0.717) is 11.8 Å². The number of aryl methyl sites for hydroxylation is 1. The van der Waals surface area contributed by atoms with Gasteiger partial charge in [0.25, 0.3) is 0 Å². The van der Waals surface area contributed by atoms with Crippen molar-refractivity contribution in [2.45, 2.75) is 70.1 Å². The molecule has 3 aromatic rings. The second-order valence-corrected chi connectivity index (χ2v) is 9.63. The van der Waals surface area contributed by atoms with Crippen LogP contribution in [0, 0.1) is 6.92 Å². The number of thioether (sulfide) groups is 1. The third-order valence-electron chi connectivity index (χ3n) is 6.00. The van der Waals surface area contributed by atoms with Crippen LogP contribution in [0.15, 0.2) is 53.9 Å². The van der Waals surface area contributed by atoms with Crippen LogP contribution in [-0.4, -0.2) is 48.4 Å². The monoisotopic (exact) mass is 449 g/mol. The molecule has 0 N–H and O–H groups in total. The fourth-order valence-electron chi connectivity index (χ4n) is 4.45. The van der Waals surface area contributed by atoms with E-state index in [1.165, 1.54) is 36.6 Å². The lowest BCUT2D eigenvalue weighted by atomic mass is 9.93. The quantitative estimate of drug-likeness (QED) is 0.458. The average Bonchev–Trinajstić information content (AvgIpc) is 3.23. The third kappa shape index (κ3) is 5.04. The third-order valence-corrected chi connectivity index (χ3v) is 6.91. The van der Waals surface area contributed by atoms with Gasteiger partial charge in [-0.3, -0.25) is 14.3 Å². The predicted octanol–water partition coefficient (Wildman–Crippen LogP) is 5.30. The van der Waals surface area contributed by atoms with Gasteiger partial charge in [-0.1, -0.05) is 48.7 Å². The van der Waals surface area contributed by atoms with E-state index < -0.39 is 0 Å². The van der Waals surface area contributed by atoms with E-state index in [1.54, 1.807) is 12.4 Å². The fourth-order valence-corrected chi connectivity index (χ4v) is 5.27. The first-order valence-corrected chi connectivity index (χ1v) is 12.4. The maximum atomic E-state index is 13.3. The highest BCUT2D eigenvalue weighted by atomic mass is 32.2. The van der Waals surface area contributed by atoms with E-state index in [0.717, 1.165) is 35.1 Å². The van der Waals surface area contributed by atoms with Crippen molar-refractivity contribution in [2.24, 2.45) is 0 Å². The summed E-state index contributed by atoms with van der Waals surface area (Å²) in [5.74, 6) is 1.29. The Kier molecular flexibility index (Phi) is 7.25. The molecule has 0 spiro atoms. The number of benzene rings is 1. The summed E-state index contributed by atoms with van der Waals surface area (Å²) < 4.78 is 2.03. The van der Waals surface area contributed by atoms with Gasteiger partial charge in [0, 0.05) is 35.7 Å². The Balaban J connectivity index is 1.60. The normalized spacial score (nSPS) is 14.6. The van der Waals surface area contributed by atoms with Crippen molar-refractivity contribution >= 4 is 17.7 Å². The molecule has 1 aromatic carbocycles. The maximum Gasteiger partial charge on any atom is 0.233 e. The summed E-state index contributed by atoms with van der Waals surface area (Å²) in [6.07, 6.45) is 9.44. The summed E-state index contributed by atoms with van der Waals surface area (Å²) in [4.78, 5) is 19.5. The number of aromatic nitrogens is 4. The van der Waals surface area contributed by atoms with Crippen LogP contribution in [0.2, 0.25) is 0 Å². The average molecular weight is 450 g/mol. The Morgan fingerprint density at radius 2 is 1.75 bits per heavy atom. The van der Waals surface area contributed by atoms with E-state index in [2.05, 4.69) is 65.1 Å². The Morgan fingerprint density at radius 1 is 1.06 bits per heavy atom. The van der Waals surface area contributed by atoms with Crippen LogP contribution in [0.25, 0.3) is 17.1 Å². The Labute approximate surface area is 194 Å². The van der Waals surface area contributed by atoms with Crippen LogP contribution in [0.4, 0.5) is 0 Å². The van der Waals surface area contributed by atoms with Crippen LogP contribution in [0.1, 0.15) is 51.5 Å². The molecule has 1 saturated carbocycles. The minimum Gasteiger partial charge on any atom is -0.337 e. The van der Waals surface area contributed by atoms with Crippen LogP contribution in [-0.2, 0) is 4.79 Å². The number of amides is 1. The molecule has 1 amide bonds. The summed E-state index contributed by atoms with van der Waals surface area (Å²) in [6.45, 7) is 6.31. The van der Waals surface area contributed by atoms with Crippen LogP contribution >= 0.6 is 11.8 Å². The molecule has 2 heterocycles. The van der Waals surface area contributed by atoms with E-state index in [9.17, 15) is 4.79 Å². The SMILES string of the molecule is Cc1ccc(-n2c(SCC(=O)N(C(C)C)C3CCCCC3)nnc2-c2ccncc2)cc1. The molecule has 0 radical (unpaired) electrons. The molecule has 2 aromatic heterocycles. The first-order chi connectivity index (χ1) is 15.5. The lowest BCUT2D eigenvalue weighted by Gasteiger charge is -2.37. The van der Waals surface area contributed by atoms with Crippen LogP contribution in [0.5, 0.6) is 0 Å². The lowest BCUT2D eigenvalue weighted by Crippen LogP contribution is -2.46. The van der Waals surface area contributed by atoms with Gasteiger partial charge < -0.3 is 4.90 Å². The first kappa shape index (κ1) is 22.5. The van der Waals surface area contributed by atoms with Crippen molar-refractivity contribution in [3.8, 4) is 17.1 Å². The molecule has 0 atom stereocenters. The van der Waals surface area contributed by atoms with Gasteiger partial charge in [0.2, 0.25) is 5.91 Å². The Bertz CT molecular complexity index is 1030. The zero-order chi connectivity index (χ0) is 22.5. The van der Waals surface area contributed by atoms with Crippen molar-refractivity contribution in [1.29, 1.82) is 0 Å². The molecule has 1 aliphatic carbocycles. The molecular formula is C25H31N5OS. The van der Waals surface area contributed by atoms with E-state index in [-0.39, 0.29) is 11.9 Å². The van der Waals surface area contributed by atoms with Gasteiger partial charge in [0.15, 0.2) is 11.0 Å². The summed E-state index contributed by atoms with van der Waals surface area (Å²) in [5, 5.41) is 9.66. The second-order valence-electron chi connectivity index (χ2n) is 8.69. The smallest absolute Gasteiger partial charge is 0.233 e. The van der Waals surface area contributed by atoms with Crippen LogP contribution < -0.4 is 0 Å². The molecule has 0 aliphatic heterocycles. The number of nitrogens with zero attached hydrogens (tertiary/aromatic N) is 5. The molecular weight excluding hydrogens is 418 g/mol. The minimum atomic E-state index is 0.181. The number of carbonyl (C=O) groups excluding carboxylic acids is 1. The van der Waals surface area contributed by atoms with Crippen molar-refractivity contribution in [1.82, 2.24) is 24.6 Å². The molecule has 7 heteroatoms. The zero-order valence-electron chi connectivity index (χ0n) is 19.1. The van der Waals surface area contributed by atoms with Crippen molar-refractivity contribution in [3.05, 3.63) is 54.4 Å². The van der Waals surface area contributed by atoms with Crippen molar-refractivity contribution in [2.75, 3.05) is 5.75 Å². The molecule has 32 heavy (non-hydrogen) atoms. The number of carbonyl (C=O) groups is 1. The van der Waals surface area contributed by atoms with Crippen molar-refractivity contribution < 1.29 is 4.79 Å². The molecule has 0 saturated heterocycles. The fraction of sp³-hybridized carbons (Fsp3) is 0.440. The molecule has 1 aliphatic rings. The van der Waals surface area contributed by atoms with Gasteiger partial charge in [-0.05, 0) is 57.9 Å². The molecule has 1 fully saturated rings. The predicted molar refractivity (Wildman–Crippen MR) is 129 cm³/mol. The van der Waals surface area contributed by atoms with Gasteiger partial charge >= 0.3 is 0 Å². The Morgan fingerprint density at radius 3 is 2.41 bits per heavy atom. The van der Waals surface area contributed by atoms with Gasteiger partial charge in [-0.15, -0.1) is 10.2 Å². The standard InChI is InChI=1S/C25H31N5OS/c1-18(2)29(21-7-5-4-6-8-21)23(31)17-32-25-28-27-24(20-13-15-26-16-14-20)30(25)22-11-9-19(3)10-12-22/h9-16,18,21H,4-8,17H2,1-3H3. The van der Waals surface area contributed by atoms with Crippen LogP contribution in [0.3, 0.4) is 0 Å². The van der Waals surface area contributed by atoms with E-state index in [4.69, 9.17) is 0 Å². The molecule has 0 unspecified atom stereocenters. The van der Waals surface area contributed by atoms with Gasteiger partial charge in [0.05, 0.1) is 5.75 Å². The summed E-state index contributed by atoms with van der Waals surface area (Å²) in [7, 11) is 0.